The molecular weight excluding hydrogens is 310 g/mol. The third kappa shape index (κ3) is 1.79. The molecule has 0 aliphatic carbocycles. The lowest BCUT2D eigenvalue weighted by Gasteiger charge is -2.17. The Morgan fingerprint density at radius 1 is 1.32 bits per heavy atom. The summed E-state index contributed by atoms with van der Waals surface area (Å²) in [5.41, 5.74) is 1.95. The molecular formula is C13H10BrN3O2. The van der Waals surface area contributed by atoms with Crippen LogP contribution in [-0.2, 0) is 18.4 Å². The molecule has 0 radical (unpaired) electrons. The highest BCUT2D eigenvalue weighted by Crippen LogP contribution is 2.36. The van der Waals surface area contributed by atoms with Crippen molar-refractivity contribution in [2.24, 2.45) is 7.05 Å². The van der Waals surface area contributed by atoms with E-state index >= 15 is 0 Å². The second-order valence-corrected chi connectivity index (χ2v) is 5.21. The molecule has 0 fully saturated rings. The highest BCUT2D eigenvalue weighted by atomic mass is 79.9. The van der Waals surface area contributed by atoms with Crippen molar-refractivity contribution in [1.29, 1.82) is 0 Å². The molecule has 0 unspecified atom stereocenters. The number of para-hydroxylation sites is 1. The Kier molecular flexibility index (Phi) is 2.74. The number of carbonyl (C=O) groups excluding carboxylic acids is 2. The van der Waals surface area contributed by atoms with Gasteiger partial charge in [-0.2, -0.15) is 0 Å². The third-order valence-electron chi connectivity index (χ3n) is 3.18. The number of amides is 1. The quantitative estimate of drug-likeness (QED) is 0.794. The van der Waals surface area contributed by atoms with Crippen molar-refractivity contribution >= 4 is 33.3 Å². The minimum Gasteiger partial charge on any atom is -0.336 e. The maximum Gasteiger partial charge on any atom is 0.299 e. The average molecular weight is 320 g/mol. The number of carbonyl (C=O) groups is 2. The lowest BCUT2D eigenvalue weighted by Crippen LogP contribution is -2.30. The van der Waals surface area contributed by atoms with Crippen molar-refractivity contribution in [1.82, 2.24) is 9.55 Å². The van der Waals surface area contributed by atoms with Gasteiger partial charge in [-0.05, 0) is 28.1 Å². The van der Waals surface area contributed by atoms with E-state index in [0.29, 0.717) is 17.8 Å². The second kappa shape index (κ2) is 4.31. The Bertz CT molecular complexity index is 693. The first kappa shape index (κ1) is 12.1. The zero-order chi connectivity index (χ0) is 13.6. The van der Waals surface area contributed by atoms with Gasteiger partial charge in [0.15, 0.2) is 0 Å². The molecule has 5 nitrogen and oxygen atoms in total. The summed E-state index contributed by atoms with van der Waals surface area (Å²) in [6.07, 6.45) is 3.35. The van der Waals surface area contributed by atoms with E-state index in [9.17, 15) is 9.59 Å². The van der Waals surface area contributed by atoms with Gasteiger partial charge in [0.25, 0.3) is 11.7 Å². The maximum absolute atomic E-state index is 12.1. The number of halogens is 1. The van der Waals surface area contributed by atoms with Crippen molar-refractivity contribution in [3.8, 4) is 0 Å². The number of aromatic nitrogens is 2. The molecule has 1 amide bonds. The van der Waals surface area contributed by atoms with Gasteiger partial charge in [0.1, 0.15) is 0 Å². The number of nitrogens with zero attached hydrogens (tertiary/aromatic N) is 3. The number of hydrogen-bond acceptors (Lipinski definition) is 3. The van der Waals surface area contributed by atoms with E-state index in [0.717, 1.165) is 10.2 Å². The van der Waals surface area contributed by atoms with E-state index < -0.39 is 11.7 Å². The summed E-state index contributed by atoms with van der Waals surface area (Å²) in [5, 5.41) is 0. The van der Waals surface area contributed by atoms with Gasteiger partial charge >= 0.3 is 0 Å². The number of aryl methyl sites for hydroxylation is 1. The van der Waals surface area contributed by atoms with Crippen LogP contribution in [0.3, 0.4) is 0 Å². The van der Waals surface area contributed by atoms with Gasteiger partial charge in [0.05, 0.1) is 29.8 Å². The molecule has 1 aromatic heterocycles. The van der Waals surface area contributed by atoms with Gasteiger partial charge in [-0.3, -0.25) is 14.5 Å². The van der Waals surface area contributed by atoms with E-state index in [1.807, 2.05) is 17.7 Å². The normalized spacial score (nSPS) is 14.1. The monoisotopic (exact) mass is 319 g/mol. The molecule has 0 spiro atoms. The predicted octanol–water partition coefficient (Wildman–Crippen LogP) is 1.91. The minimum absolute atomic E-state index is 0.330. The van der Waals surface area contributed by atoms with Crippen LogP contribution in [0.4, 0.5) is 5.69 Å². The van der Waals surface area contributed by atoms with Crippen molar-refractivity contribution < 1.29 is 9.59 Å². The summed E-state index contributed by atoms with van der Waals surface area (Å²) in [6, 6.07) is 5.24. The van der Waals surface area contributed by atoms with Crippen LogP contribution in [-0.4, -0.2) is 21.2 Å². The van der Waals surface area contributed by atoms with Crippen molar-refractivity contribution in [3.05, 3.63) is 46.5 Å². The highest BCUT2D eigenvalue weighted by molar-refractivity contribution is 9.10. The second-order valence-electron chi connectivity index (χ2n) is 4.35. The van der Waals surface area contributed by atoms with Crippen LogP contribution in [0.1, 0.15) is 16.1 Å². The number of benzene rings is 1. The molecule has 1 aromatic carbocycles. The van der Waals surface area contributed by atoms with Gasteiger partial charge in [-0.1, -0.05) is 6.07 Å². The van der Waals surface area contributed by atoms with Crippen LogP contribution in [0.5, 0.6) is 0 Å². The van der Waals surface area contributed by atoms with Gasteiger partial charge in [0.2, 0.25) is 0 Å². The first-order valence-electron chi connectivity index (χ1n) is 5.69. The summed E-state index contributed by atoms with van der Waals surface area (Å²) in [7, 11) is 1.85. The molecule has 3 rings (SSSR count). The van der Waals surface area contributed by atoms with E-state index in [4.69, 9.17) is 0 Å². The van der Waals surface area contributed by atoms with Crippen LogP contribution in [0.15, 0.2) is 35.2 Å². The zero-order valence-corrected chi connectivity index (χ0v) is 11.7. The smallest absolute Gasteiger partial charge is 0.299 e. The predicted molar refractivity (Wildman–Crippen MR) is 72.9 cm³/mol. The highest BCUT2D eigenvalue weighted by Gasteiger charge is 2.37. The number of rotatable bonds is 2. The fourth-order valence-corrected chi connectivity index (χ4v) is 2.74. The molecule has 96 valence electrons. The average Bonchev–Trinajstić information content (AvgIpc) is 2.89. The molecule has 2 heterocycles. The summed E-state index contributed by atoms with van der Waals surface area (Å²) < 4.78 is 2.57. The number of anilines is 1. The molecule has 19 heavy (non-hydrogen) atoms. The fourth-order valence-electron chi connectivity index (χ4n) is 2.16. The molecule has 0 bridgehead atoms. The first-order chi connectivity index (χ1) is 9.09. The Morgan fingerprint density at radius 2 is 2.11 bits per heavy atom. The number of hydrogen-bond donors (Lipinski definition) is 0. The maximum atomic E-state index is 12.1. The zero-order valence-electron chi connectivity index (χ0n) is 10.1. The Hall–Kier alpha value is -1.95. The Labute approximate surface area is 118 Å². The summed E-state index contributed by atoms with van der Waals surface area (Å²) in [6.45, 7) is 0.330. The summed E-state index contributed by atoms with van der Waals surface area (Å²) in [5.74, 6) is -0.957. The van der Waals surface area contributed by atoms with E-state index in [-0.39, 0.29) is 0 Å². The lowest BCUT2D eigenvalue weighted by molar-refractivity contribution is -0.114. The van der Waals surface area contributed by atoms with Crippen molar-refractivity contribution in [2.45, 2.75) is 6.54 Å². The van der Waals surface area contributed by atoms with Gasteiger partial charge in [-0.15, -0.1) is 0 Å². The summed E-state index contributed by atoms with van der Waals surface area (Å²) in [4.78, 5) is 29.5. The largest absolute Gasteiger partial charge is 0.336 e. The van der Waals surface area contributed by atoms with E-state index in [1.54, 1.807) is 24.7 Å². The molecule has 2 aromatic rings. The summed E-state index contributed by atoms with van der Waals surface area (Å²) >= 11 is 3.40. The molecule has 1 aliphatic rings. The van der Waals surface area contributed by atoms with Crippen LogP contribution < -0.4 is 4.90 Å². The molecule has 0 saturated carbocycles. The molecule has 0 saturated heterocycles. The number of ketones is 1. The van der Waals surface area contributed by atoms with E-state index in [1.165, 1.54) is 4.90 Å². The first-order valence-corrected chi connectivity index (χ1v) is 6.49. The number of imidazole rings is 1. The van der Waals surface area contributed by atoms with Crippen LogP contribution in [0.2, 0.25) is 0 Å². The Morgan fingerprint density at radius 3 is 2.79 bits per heavy atom. The fraction of sp³-hybridized carbons (Fsp3) is 0.154. The van der Waals surface area contributed by atoms with Crippen molar-refractivity contribution in [2.75, 3.05) is 4.90 Å². The van der Waals surface area contributed by atoms with Gasteiger partial charge in [-0.25, -0.2) is 4.98 Å². The van der Waals surface area contributed by atoms with Gasteiger partial charge < -0.3 is 4.57 Å². The SMILES string of the molecule is Cn1cncc1CN1C(=O)C(=O)c2cccc(Br)c21. The van der Waals surface area contributed by atoms with Crippen molar-refractivity contribution in [3.63, 3.8) is 0 Å². The molecule has 0 atom stereocenters. The van der Waals surface area contributed by atoms with E-state index in [2.05, 4.69) is 20.9 Å². The van der Waals surface area contributed by atoms with Gasteiger partial charge in [0, 0.05) is 17.7 Å². The van der Waals surface area contributed by atoms with Crippen LogP contribution in [0, 0.1) is 0 Å². The molecule has 0 N–H and O–H groups in total. The van der Waals surface area contributed by atoms with Crippen LogP contribution in [0.25, 0.3) is 0 Å². The topological polar surface area (TPSA) is 55.2 Å². The third-order valence-corrected chi connectivity index (χ3v) is 3.82. The molecule has 6 heteroatoms. The minimum atomic E-state index is -0.497. The van der Waals surface area contributed by atoms with Crippen LogP contribution >= 0.6 is 15.9 Å². The standard InChI is InChI=1S/C13H10BrN3O2/c1-16-7-15-5-8(16)6-17-11-9(12(18)13(17)19)3-2-4-10(11)14/h2-5,7H,6H2,1H3. The molecule has 1 aliphatic heterocycles. The number of Topliss-reactive ketones (excluding diaryl/α,β-unsaturated/α-hetero) is 1. The number of fused-ring (bicyclic) bond motifs is 1. The Balaban J connectivity index is 2.07. The lowest BCUT2D eigenvalue weighted by atomic mass is 10.1.